The molecule has 0 saturated carbocycles. The number of anilines is 1. The van der Waals surface area contributed by atoms with Gasteiger partial charge in [-0.25, -0.2) is 9.78 Å². The molecule has 7 heteroatoms. The second-order valence-corrected chi connectivity index (χ2v) is 7.78. The first kappa shape index (κ1) is 19.7. The van der Waals surface area contributed by atoms with Gasteiger partial charge in [0.2, 0.25) is 0 Å². The number of hydrogen-bond acceptors (Lipinski definition) is 6. The number of para-hydroxylation sites is 2. The molecule has 3 aromatic carbocycles. The molecule has 0 fully saturated rings. The van der Waals surface area contributed by atoms with Crippen LogP contribution in [-0.2, 0) is 0 Å². The van der Waals surface area contributed by atoms with E-state index in [0.29, 0.717) is 39.0 Å². The van der Waals surface area contributed by atoms with Gasteiger partial charge in [0.1, 0.15) is 17.1 Å². The molecule has 2 heterocycles. The van der Waals surface area contributed by atoms with Gasteiger partial charge in [-0.05, 0) is 42.5 Å². The van der Waals surface area contributed by atoms with E-state index in [4.69, 9.17) is 9.15 Å². The highest BCUT2D eigenvalue weighted by Crippen LogP contribution is 2.26. The van der Waals surface area contributed by atoms with Gasteiger partial charge in [-0.15, -0.1) is 11.3 Å². The number of benzene rings is 3. The van der Waals surface area contributed by atoms with Crippen LogP contribution in [0.1, 0.15) is 10.4 Å². The molecule has 1 amide bonds. The Bertz CT molecular complexity index is 1470. The zero-order valence-electron chi connectivity index (χ0n) is 16.6. The Morgan fingerprint density at radius 3 is 2.56 bits per heavy atom. The Labute approximate surface area is 186 Å². The summed E-state index contributed by atoms with van der Waals surface area (Å²) in [5.41, 5.74) is 1.27. The zero-order chi connectivity index (χ0) is 21.9. The molecule has 0 aliphatic rings. The lowest BCUT2D eigenvalue weighted by atomic mass is 10.1. The van der Waals surface area contributed by atoms with Gasteiger partial charge in [-0.2, -0.15) is 0 Å². The molecule has 0 aliphatic heterocycles. The summed E-state index contributed by atoms with van der Waals surface area (Å²) < 4.78 is 11.2. The third-order valence-corrected chi connectivity index (χ3v) is 5.47. The van der Waals surface area contributed by atoms with Crippen molar-refractivity contribution in [3.05, 3.63) is 106 Å². The largest absolute Gasteiger partial charge is 0.457 e. The summed E-state index contributed by atoms with van der Waals surface area (Å²) in [5, 5.41) is 5.67. The van der Waals surface area contributed by atoms with E-state index in [-0.39, 0.29) is 5.91 Å². The average molecular weight is 440 g/mol. The highest BCUT2D eigenvalue weighted by molar-refractivity contribution is 7.14. The summed E-state index contributed by atoms with van der Waals surface area (Å²) in [7, 11) is 0. The third kappa shape index (κ3) is 4.14. The Hall–Kier alpha value is -4.23. The van der Waals surface area contributed by atoms with Crippen LogP contribution in [-0.4, -0.2) is 10.9 Å². The van der Waals surface area contributed by atoms with Crippen LogP contribution in [0.2, 0.25) is 0 Å². The highest BCUT2D eigenvalue weighted by Gasteiger charge is 2.14. The van der Waals surface area contributed by atoms with E-state index in [9.17, 15) is 9.59 Å². The summed E-state index contributed by atoms with van der Waals surface area (Å²) in [4.78, 5) is 29.5. The lowest BCUT2D eigenvalue weighted by Gasteiger charge is -2.07. The normalized spacial score (nSPS) is 10.8. The second kappa shape index (κ2) is 8.49. The SMILES string of the molecule is O=C(Nc1nc(-c2cc3ccccc3oc2=O)cs1)c1cccc(Oc2ccccc2)c1. The molecule has 0 saturated heterocycles. The fourth-order valence-corrected chi connectivity index (χ4v) is 3.90. The highest BCUT2D eigenvalue weighted by atomic mass is 32.1. The number of fused-ring (bicyclic) bond motifs is 1. The topological polar surface area (TPSA) is 81.4 Å². The van der Waals surface area contributed by atoms with Crippen LogP contribution in [0.25, 0.3) is 22.2 Å². The molecule has 0 radical (unpaired) electrons. The monoisotopic (exact) mass is 440 g/mol. The summed E-state index contributed by atoms with van der Waals surface area (Å²) in [6.45, 7) is 0. The number of carbonyl (C=O) groups is 1. The van der Waals surface area contributed by atoms with E-state index in [0.717, 1.165) is 5.39 Å². The van der Waals surface area contributed by atoms with E-state index in [2.05, 4.69) is 10.3 Å². The van der Waals surface area contributed by atoms with Crippen molar-refractivity contribution in [3.8, 4) is 22.8 Å². The minimum atomic E-state index is -0.474. The van der Waals surface area contributed by atoms with Crippen molar-refractivity contribution >= 4 is 33.3 Å². The fourth-order valence-electron chi connectivity index (χ4n) is 3.19. The number of hydrogen-bond donors (Lipinski definition) is 1. The van der Waals surface area contributed by atoms with E-state index >= 15 is 0 Å². The van der Waals surface area contributed by atoms with Crippen LogP contribution in [0.15, 0.2) is 99.5 Å². The van der Waals surface area contributed by atoms with Crippen molar-refractivity contribution in [1.82, 2.24) is 4.98 Å². The second-order valence-electron chi connectivity index (χ2n) is 6.92. The van der Waals surface area contributed by atoms with Crippen molar-refractivity contribution in [2.75, 3.05) is 5.32 Å². The van der Waals surface area contributed by atoms with Gasteiger partial charge in [0, 0.05) is 16.3 Å². The lowest BCUT2D eigenvalue weighted by Crippen LogP contribution is -2.11. The molecule has 2 aromatic heterocycles. The predicted octanol–water partition coefficient (Wildman–Crippen LogP) is 5.96. The minimum absolute atomic E-state index is 0.324. The number of amides is 1. The number of rotatable bonds is 5. The molecule has 5 aromatic rings. The van der Waals surface area contributed by atoms with E-state index in [1.807, 2.05) is 42.5 Å². The number of ether oxygens (including phenoxy) is 1. The number of nitrogens with zero attached hydrogens (tertiary/aromatic N) is 1. The molecule has 0 bridgehead atoms. The molecule has 32 heavy (non-hydrogen) atoms. The van der Waals surface area contributed by atoms with Crippen molar-refractivity contribution in [3.63, 3.8) is 0 Å². The molecule has 5 rings (SSSR count). The van der Waals surface area contributed by atoms with Crippen molar-refractivity contribution in [2.24, 2.45) is 0 Å². The molecule has 0 unspecified atom stereocenters. The molecule has 0 atom stereocenters. The van der Waals surface area contributed by atoms with Gasteiger partial charge in [0.15, 0.2) is 5.13 Å². The fraction of sp³-hybridized carbons (Fsp3) is 0. The number of nitrogens with one attached hydrogen (secondary N) is 1. The van der Waals surface area contributed by atoms with Crippen LogP contribution in [0.5, 0.6) is 11.5 Å². The first-order chi connectivity index (χ1) is 15.7. The zero-order valence-corrected chi connectivity index (χ0v) is 17.5. The average Bonchev–Trinajstić information content (AvgIpc) is 3.27. The minimum Gasteiger partial charge on any atom is -0.457 e. The number of carbonyl (C=O) groups excluding carboxylic acids is 1. The summed E-state index contributed by atoms with van der Waals surface area (Å²) >= 11 is 1.23. The van der Waals surface area contributed by atoms with Gasteiger partial charge in [0.05, 0.1) is 11.3 Å². The standard InChI is InChI=1S/C25H16N2O4S/c28-23(17-8-6-11-19(13-17)30-18-9-2-1-3-10-18)27-25-26-21(15-32-25)20-14-16-7-4-5-12-22(16)31-24(20)29/h1-15H,(H,26,27,28). The van der Waals surface area contributed by atoms with Crippen LogP contribution in [0.4, 0.5) is 5.13 Å². The van der Waals surface area contributed by atoms with Crippen LogP contribution in [0.3, 0.4) is 0 Å². The Morgan fingerprint density at radius 1 is 0.906 bits per heavy atom. The summed E-state index contributed by atoms with van der Waals surface area (Å²) in [6, 6.07) is 25.2. The first-order valence-electron chi connectivity index (χ1n) is 9.79. The number of aromatic nitrogens is 1. The first-order valence-corrected chi connectivity index (χ1v) is 10.7. The van der Waals surface area contributed by atoms with Crippen LogP contribution >= 0.6 is 11.3 Å². The maximum Gasteiger partial charge on any atom is 0.345 e. The Morgan fingerprint density at radius 2 is 1.69 bits per heavy atom. The van der Waals surface area contributed by atoms with Gasteiger partial charge in [-0.3, -0.25) is 10.1 Å². The van der Waals surface area contributed by atoms with Gasteiger partial charge in [0.25, 0.3) is 5.91 Å². The van der Waals surface area contributed by atoms with Crippen LogP contribution < -0.4 is 15.7 Å². The van der Waals surface area contributed by atoms with Gasteiger partial charge < -0.3 is 9.15 Å². The quantitative estimate of drug-likeness (QED) is 0.341. The lowest BCUT2D eigenvalue weighted by molar-refractivity contribution is 0.102. The Kier molecular flexibility index (Phi) is 5.23. The van der Waals surface area contributed by atoms with E-state index in [1.54, 1.807) is 47.8 Å². The molecule has 0 aliphatic carbocycles. The molecule has 6 nitrogen and oxygen atoms in total. The van der Waals surface area contributed by atoms with E-state index < -0.39 is 5.63 Å². The maximum atomic E-state index is 12.7. The molecule has 1 N–H and O–H groups in total. The molecule has 0 spiro atoms. The third-order valence-electron chi connectivity index (χ3n) is 4.72. The molecular weight excluding hydrogens is 424 g/mol. The number of thiazole rings is 1. The maximum absolute atomic E-state index is 12.7. The summed E-state index contributed by atoms with van der Waals surface area (Å²) in [5.74, 6) is 0.913. The van der Waals surface area contributed by atoms with E-state index in [1.165, 1.54) is 11.3 Å². The Balaban J connectivity index is 1.35. The molecule has 156 valence electrons. The molecular formula is C25H16N2O4S. The van der Waals surface area contributed by atoms with Crippen LogP contribution in [0, 0.1) is 0 Å². The summed E-state index contributed by atoms with van der Waals surface area (Å²) in [6.07, 6.45) is 0. The van der Waals surface area contributed by atoms with Crippen molar-refractivity contribution < 1.29 is 13.9 Å². The van der Waals surface area contributed by atoms with Gasteiger partial charge in [-0.1, -0.05) is 42.5 Å². The van der Waals surface area contributed by atoms with Crippen molar-refractivity contribution in [2.45, 2.75) is 0 Å². The smallest absolute Gasteiger partial charge is 0.345 e. The predicted molar refractivity (Wildman–Crippen MR) is 125 cm³/mol. The van der Waals surface area contributed by atoms with Crippen molar-refractivity contribution in [1.29, 1.82) is 0 Å². The van der Waals surface area contributed by atoms with Gasteiger partial charge >= 0.3 is 5.63 Å².